The molecule has 0 aliphatic rings. The van der Waals surface area contributed by atoms with E-state index in [1.807, 2.05) is 13.8 Å². The molecule has 0 fully saturated rings. The second-order valence-corrected chi connectivity index (χ2v) is 4.59. The van der Waals surface area contributed by atoms with E-state index >= 15 is 0 Å². The molecule has 0 radical (unpaired) electrons. The van der Waals surface area contributed by atoms with Crippen LogP contribution >= 0.6 is 0 Å². The molecule has 0 aromatic carbocycles. The molecule has 18 heavy (non-hydrogen) atoms. The van der Waals surface area contributed by atoms with Gasteiger partial charge in [-0.25, -0.2) is 4.98 Å². The number of aliphatic hydroxyl groups excluding tert-OH is 1. The fourth-order valence-electron chi connectivity index (χ4n) is 1.82. The number of carbonyl (C=O) groups is 1. The zero-order valence-corrected chi connectivity index (χ0v) is 11.2. The Hall–Kier alpha value is -1.62. The van der Waals surface area contributed by atoms with E-state index in [0.29, 0.717) is 24.3 Å². The van der Waals surface area contributed by atoms with Crippen LogP contribution in [0, 0.1) is 6.92 Å². The first-order valence-corrected chi connectivity index (χ1v) is 6.11. The van der Waals surface area contributed by atoms with E-state index in [4.69, 9.17) is 10.8 Å². The number of rotatable bonds is 5. The third-order valence-electron chi connectivity index (χ3n) is 2.66. The lowest BCUT2D eigenvalue weighted by atomic mass is 10.1. The maximum absolute atomic E-state index is 12.4. The van der Waals surface area contributed by atoms with Crippen molar-refractivity contribution in [3.8, 4) is 0 Å². The Kier molecular flexibility index (Phi) is 5.09. The van der Waals surface area contributed by atoms with Crippen LogP contribution in [0.25, 0.3) is 0 Å². The molecule has 0 atom stereocenters. The van der Waals surface area contributed by atoms with Gasteiger partial charge in [0.05, 0.1) is 0 Å². The second-order valence-electron chi connectivity index (χ2n) is 4.59. The maximum atomic E-state index is 12.4. The van der Waals surface area contributed by atoms with Gasteiger partial charge in [-0.05, 0) is 39.3 Å². The number of carbonyl (C=O) groups excluding carboxylic acids is 1. The first-order valence-electron chi connectivity index (χ1n) is 6.11. The predicted octanol–water partition coefficient (Wildman–Crippen LogP) is 1.21. The van der Waals surface area contributed by atoms with Crippen LogP contribution in [0.5, 0.6) is 0 Å². The predicted molar refractivity (Wildman–Crippen MR) is 71.3 cm³/mol. The van der Waals surface area contributed by atoms with E-state index in [1.165, 1.54) is 0 Å². The van der Waals surface area contributed by atoms with Gasteiger partial charge < -0.3 is 15.7 Å². The third kappa shape index (κ3) is 3.70. The summed E-state index contributed by atoms with van der Waals surface area (Å²) in [5, 5.41) is 8.87. The van der Waals surface area contributed by atoms with E-state index in [0.717, 1.165) is 5.69 Å². The molecule has 0 spiro atoms. The largest absolute Gasteiger partial charge is 0.396 e. The highest BCUT2D eigenvalue weighted by molar-refractivity contribution is 5.95. The van der Waals surface area contributed by atoms with Crippen molar-refractivity contribution in [2.75, 3.05) is 18.9 Å². The molecule has 0 saturated heterocycles. The zero-order valence-electron chi connectivity index (χ0n) is 11.2. The first kappa shape index (κ1) is 14.4. The number of aromatic nitrogens is 1. The van der Waals surface area contributed by atoms with Crippen LogP contribution in [-0.2, 0) is 0 Å². The number of nitrogen functional groups attached to an aromatic ring is 1. The van der Waals surface area contributed by atoms with Crippen molar-refractivity contribution in [3.05, 3.63) is 23.4 Å². The average molecular weight is 251 g/mol. The van der Waals surface area contributed by atoms with Crippen LogP contribution in [0.3, 0.4) is 0 Å². The molecule has 100 valence electrons. The molecule has 5 nitrogen and oxygen atoms in total. The van der Waals surface area contributed by atoms with Crippen LogP contribution in [0.1, 0.15) is 36.3 Å². The Bertz CT molecular complexity index is 398. The molecule has 1 rings (SSSR count). The van der Waals surface area contributed by atoms with Crippen molar-refractivity contribution >= 4 is 11.7 Å². The Morgan fingerprint density at radius 3 is 2.67 bits per heavy atom. The van der Waals surface area contributed by atoms with Crippen LogP contribution in [0.4, 0.5) is 5.82 Å². The standard InChI is InChI=1S/C13H21N3O2/c1-9(2)16(5-4-6-17)13(18)11-7-10(3)15-12(14)8-11/h7-9,17H,4-6H2,1-3H3,(H2,14,15). The van der Waals surface area contributed by atoms with Crippen LogP contribution in [-0.4, -0.2) is 40.1 Å². The van der Waals surface area contributed by atoms with Crippen LogP contribution < -0.4 is 5.73 Å². The van der Waals surface area contributed by atoms with Gasteiger partial charge in [0.1, 0.15) is 5.82 Å². The average Bonchev–Trinajstić information content (AvgIpc) is 2.27. The summed E-state index contributed by atoms with van der Waals surface area (Å²) in [5.74, 6) is 0.278. The number of aliphatic hydroxyl groups is 1. The molecule has 5 heteroatoms. The summed E-state index contributed by atoms with van der Waals surface area (Å²) >= 11 is 0. The monoisotopic (exact) mass is 251 g/mol. The smallest absolute Gasteiger partial charge is 0.254 e. The van der Waals surface area contributed by atoms with Crippen LogP contribution in [0.2, 0.25) is 0 Å². The van der Waals surface area contributed by atoms with E-state index in [1.54, 1.807) is 24.0 Å². The van der Waals surface area contributed by atoms with Crippen molar-refractivity contribution in [1.82, 2.24) is 9.88 Å². The van der Waals surface area contributed by atoms with Gasteiger partial charge in [-0.15, -0.1) is 0 Å². The fraction of sp³-hybridized carbons (Fsp3) is 0.538. The van der Waals surface area contributed by atoms with E-state index in [-0.39, 0.29) is 18.6 Å². The molecule has 3 N–H and O–H groups in total. The van der Waals surface area contributed by atoms with E-state index in [2.05, 4.69) is 4.98 Å². The van der Waals surface area contributed by atoms with Crippen molar-refractivity contribution in [2.45, 2.75) is 33.2 Å². The number of nitrogens with zero attached hydrogens (tertiary/aromatic N) is 2. The summed E-state index contributed by atoms with van der Waals surface area (Å²) in [4.78, 5) is 18.1. The lowest BCUT2D eigenvalue weighted by molar-refractivity contribution is 0.0693. The molecule has 1 heterocycles. The lowest BCUT2D eigenvalue weighted by Crippen LogP contribution is -2.38. The van der Waals surface area contributed by atoms with E-state index < -0.39 is 0 Å². The summed E-state index contributed by atoms with van der Waals surface area (Å²) in [6, 6.07) is 3.40. The summed E-state index contributed by atoms with van der Waals surface area (Å²) in [6.45, 7) is 6.32. The van der Waals surface area contributed by atoms with Gasteiger partial charge in [-0.2, -0.15) is 0 Å². The molecule has 1 amide bonds. The molecule has 1 aromatic rings. The van der Waals surface area contributed by atoms with Gasteiger partial charge in [0, 0.05) is 30.5 Å². The summed E-state index contributed by atoms with van der Waals surface area (Å²) in [7, 11) is 0. The highest BCUT2D eigenvalue weighted by atomic mass is 16.3. The minimum Gasteiger partial charge on any atom is -0.396 e. The quantitative estimate of drug-likeness (QED) is 0.824. The maximum Gasteiger partial charge on any atom is 0.254 e. The molecular formula is C13H21N3O2. The number of amides is 1. The molecular weight excluding hydrogens is 230 g/mol. The van der Waals surface area contributed by atoms with Crippen molar-refractivity contribution < 1.29 is 9.90 Å². The lowest BCUT2D eigenvalue weighted by Gasteiger charge is -2.26. The topological polar surface area (TPSA) is 79.5 Å². The Morgan fingerprint density at radius 2 is 2.17 bits per heavy atom. The number of pyridine rings is 1. The number of hydrogen-bond acceptors (Lipinski definition) is 4. The summed E-state index contributed by atoms with van der Waals surface area (Å²) in [5.41, 5.74) is 6.93. The molecule has 0 aliphatic carbocycles. The van der Waals surface area contributed by atoms with Gasteiger partial charge in [-0.1, -0.05) is 0 Å². The first-order chi connectivity index (χ1) is 8.45. The summed E-state index contributed by atoms with van der Waals surface area (Å²) in [6.07, 6.45) is 0.573. The number of aryl methyl sites for hydroxylation is 1. The number of nitrogens with two attached hydrogens (primary N) is 1. The van der Waals surface area contributed by atoms with Crippen molar-refractivity contribution in [3.63, 3.8) is 0 Å². The van der Waals surface area contributed by atoms with Gasteiger partial charge >= 0.3 is 0 Å². The van der Waals surface area contributed by atoms with Gasteiger partial charge in [0.15, 0.2) is 0 Å². The fourth-order valence-corrected chi connectivity index (χ4v) is 1.82. The highest BCUT2D eigenvalue weighted by Gasteiger charge is 2.18. The molecule has 0 bridgehead atoms. The third-order valence-corrected chi connectivity index (χ3v) is 2.66. The minimum absolute atomic E-state index is 0.0735. The molecule has 0 aliphatic heterocycles. The Balaban J connectivity index is 2.94. The van der Waals surface area contributed by atoms with Gasteiger partial charge in [0.2, 0.25) is 0 Å². The number of anilines is 1. The number of hydrogen-bond donors (Lipinski definition) is 2. The Labute approximate surface area is 108 Å². The van der Waals surface area contributed by atoms with Gasteiger partial charge in [-0.3, -0.25) is 4.79 Å². The normalized spacial score (nSPS) is 10.7. The SMILES string of the molecule is Cc1cc(C(=O)N(CCCO)C(C)C)cc(N)n1. The Morgan fingerprint density at radius 1 is 1.50 bits per heavy atom. The summed E-state index contributed by atoms with van der Waals surface area (Å²) < 4.78 is 0. The van der Waals surface area contributed by atoms with Crippen molar-refractivity contribution in [2.24, 2.45) is 0 Å². The second kappa shape index (κ2) is 6.35. The molecule has 1 aromatic heterocycles. The molecule has 0 saturated carbocycles. The van der Waals surface area contributed by atoms with Crippen LogP contribution in [0.15, 0.2) is 12.1 Å². The minimum atomic E-state index is -0.0735. The zero-order chi connectivity index (χ0) is 13.7. The molecule has 0 unspecified atom stereocenters. The van der Waals surface area contributed by atoms with Gasteiger partial charge in [0.25, 0.3) is 5.91 Å². The van der Waals surface area contributed by atoms with E-state index in [9.17, 15) is 4.79 Å². The van der Waals surface area contributed by atoms with Crippen molar-refractivity contribution in [1.29, 1.82) is 0 Å². The highest BCUT2D eigenvalue weighted by Crippen LogP contribution is 2.12.